The molecule has 4 rings (SSSR count). The van der Waals surface area contributed by atoms with Crippen LogP contribution in [0.25, 0.3) is 11.1 Å². The normalized spacial score (nSPS) is 16.1. The number of amides is 3. The van der Waals surface area contributed by atoms with Gasteiger partial charge in [-0.05, 0) is 60.8 Å². The number of carbonyl (C=O) groups excluding carboxylic acids is 3. The molecule has 0 unspecified atom stereocenters. The topological polar surface area (TPSA) is 105 Å². The van der Waals surface area contributed by atoms with Crippen LogP contribution in [0.3, 0.4) is 0 Å². The van der Waals surface area contributed by atoms with E-state index in [1.165, 1.54) is 0 Å². The lowest BCUT2D eigenvalue weighted by Crippen LogP contribution is -2.34. The van der Waals surface area contributed by atoms with Gasteiger partial charge >= 0.3 is 0 Å². The Morgan fingerprint density at radius 3 is 2.58 bits per heavy atom. The largest absolute Gasteiger partial charge is 0.366 e. The van der Waals surface area contributed by atoms with Gasteiger partial charge in [-0.3, -0.25) is 14.4 Å². The molecule has 2 heterocycles. The summed E-state index contributed by atoms with van der Waals surface area (Å²) < 4.78 is 0. The van der Waals surface area contributed by atoms with E-state index >= 15 is 0 Å². The number of piperidine rings is 1. The van der Waals surface area contributed by atoms with Gasteiger partial charge in [0, 0.05) is 29.3 Å². The average Bonchev–Trinajstić information content (AvgIpc) is 3.10. The third-order valence-corrected chi connectivity index (χ3v) is 5.92. The van der Waals surface area contributed by atoms with E-state index in [9.17, 15) is 14.4 Å². The Kier molecular flexibility index (Phi) is 5.86. The van der Waals surface area contributed by atoms with E-state index < -0.39 is 5.91 Å². The van der Waals surface area contributed by atoms with Gasteiger partial charge in [-0.2, -0.15) is 0 Å². The van der Waals surface area contributed by atoms with E-state index in [1.807, 2.05) is 36.4 Å². The van der Waals surface area contributed by atoms with Gasteiger partial charge in [0.1, 0.15) is 0 Å². The van der Waals surface area contributed by atoms with Crippen molar-refractivity contribution in [1.29, 1.82) is 0 Å². The zero-order valence-electron chi connectivity index (χ0n) is 17.3. The number of benzene rings is 2. The molecule has 0 aromatic heterocycles. The third-order valence-electron chi connectivity index (χ3n) is 5.92. The third kappa shape index (κ3) is 4.36. The SMILES string of the molecule is C=C(CN1Cc2c(cccc2-c2cccc(NC(=O)C3CCNCC3)c2)C1=O)C(N)=O. The van der Waals surface area contributed by atoms with Crippen LogP contribution in [0.2, 0.25) is 0 Å². The number of nitrogens with zero attached hydrogens (tertiary/aromatic N) is 1. The maximum absolute atomic E-state index is 12.8. The average molecular weight is 418 g/mol. The molecule has 3 amide bonds. The molecule has 2 aliphatic heterocycles. The fraction of sp³-hybridized carbons (Fsp3) is 0.292. The minimum Gasteiger partial charge on any atom is -0.366 e. The van der Waals surface area contributed by atoms with Gasteiger partial charge in [-0.1, -0.05) is 30.8 Å². The number of hydrogen-bond donors (Lipinski definition) is 3. The van der Waals surface area contributed by atoms with Crippen LogP contribution in [-0.2, 0) is 16.1 Å². The Morgan fingerprint density at radius 1 is 1.13 bits per heavy atom. The summed E-state index contributed by atoms with van der Waals surface area (Å²) in [5.74, 6) is -0.686. The van der Waals surface area contributed by atoms with Crippen molar-refractivity contribution < 1.29 is 14.4 Å². The summed E-state index contributed by atoms with van der Waals surface area (Å²) in [4.78, 5) is 38.3. The van der Waals surface area contributed by atoms with Crippen molar-refractivity contribution in [3.63, 3.8) is 0 Å². The van der Waals surface area contributed by atoms with Gasteiger partial charge in [0.05, 0.1) is 6.54 Å². The van der Waals surface area contributed by atoms with Crippen molar-refractivity contribution in [2.75, 3.05) is 25.0 Å². The summed E-state index contributed by atoms with van der Waals surface area (Å²) in [5.41, 5.74) is 9.57. The van der Waals surface area contributed by atoms with Gasteiger partial charge in [-0.15, -0.1) is 0 Å². The maximum Gasteiger partial charge on any atom is 0.254 e. The number of nitrogens with one attached hydrogen (secondary N) is 2. The zero-order chi connectivity index (χ0) is 22.0. The number of anilines is 1. The molecular formula is C24H26N4O3. The highest BCUT2D eigenvalue weighted by Crippen LogP contribution is 2.34. The molecule has 0 aliphatic carbocycles. The van der Waals surface area contributed by atoms with E-state index in [4.69, 9.17) is 5.73 Å². The standard InChI is InChI=1S/C24H26N4O3/c1-15(22(25)29)13-28-14-21-19(6-3-7-20(21)24(28)31)17-4-2-5-18(12-17)27-23(30)16-8-10-26-11-9-16/h2-7,12,16,26H,1,8-11,13-14H2,(H2,25,29)(H,27,30). The maximum atomic E-state index is 12.8. The molecule has 7 nitrogen and oxygen atoms in total. The molecule has 4 N–H and O–H groups in total. The number of carbonyl (C=O) groups is 3. The van der Waals surface area contributed by atoms with Crippen LogP contribution < -0.4 is 16.4 Å². The summed E-state index contributed by atoms with van der Waals surface area (Å²) in [6.07, 6.45) is 1.68. The summed E-state index contributed by atoms with van der Waals surface area (Å²) in [5, 5.41) is 6.31. The van der Waals surface area contributed by atoms with E-state index in [0.29, 0.717) is 12.1 Å². The van der Waals surface area contributed by atoms with Gasteiger partial charge < -0.3 is 21.3 Å². The van der Waals surface area contributed by atoms with Crippen LogP contribution in [-0.4, -0.2) is 42.3 Å². The van der Waals surface area contributed by atoms with Crippen LogP contribution in [0.4, 0.5) is 5.69 Å². The molecule has 0 saturated carbocycles. The number of nitrogens with two attached hydrogens (primary N) is 1. The highest BCUT2D eigenvalue weighted by molar-refractivity contribution is 6.02. The minimum absolute atomic E-state index is 0.0235. The molecule has 2 aromatic carbocycles. The molecular weight excluding hydrogens is 392 g/mol. The summed E-state index contributed by atoms with van der Waals surface area (Å²) in [7, 11) is 0. The predicted molar refractivity (Wildman–Crippen MR) is 119 cm³/mol. The van der Waals surface area contributed by atoms with Gasteiger partial charge in [0.15, 0.2) is 0 Å². The summed E-state index contributed by atoms with van der Waals surface area (Å²) in [6.45, 7) is 5.87. The van der Waals surface area contributed by atoms with Crippen molar-refractivity contribution in [1.82, 2.24) is 10.2 Å². The van der Waals surface area contributed by atoms with Crippen molar-refractivity contribution in [3.05, 3.63) is 65.7 Å². The number of fused-ring (bicyclic) bond motifs is 1. The highest BCUT2D eigenvalue weighted by atomic mass is 16.2. The van der Waals surface area contributed by atoms with Gasteiger partial charge in [0.2, 0.25) is 11.8 Å². The number of primary amides is 1. The Bertz CT molecular complexity index is 1060. The molecule has 7 heteroatoms. The first-order valence-electron chi connectivity index (χ1n) is 10.4. The van der Waals surface area contributed by atoms with Crippen LogP contribution in [0, 0.1) is 5.92 Å². The first kappa shape index (κ1) is 20.8. The van der Waals surface area contributed by atoms with Crippen molar-refractivity contribution in [2.45, 2.75) is 19.4 Å². The quantitative estimate of drug-likeness (QED) is 0.626. The van der Waals surface area contributed by atoms with Gasteiger partial charge in [0.25, 0.3) is 5.91 Å². The molecule has 31 heavy (non-hydrogen) atoms. The Hall–Kier alpha value is -3.45. The fourth-order valence-electron chi connectivity index (χ4n) is 4.19. The lowest BCUT2D eigenvalue weighted by molar-refractivity contribution is -0.120. The zero-order valence-corrected chi connectivity index (χ0v) is 17.3. The number of hydrogen-bond acceptors (Lipinski definition) is 4. The van der Waals surface area contributed by atoms with Crippen molar-refractivity contribution in [2.24, 2.45) is 11.7 Å². The van der Waals surface area contributed by atoms with E-state index in [2.05, 4.69) is 17.2 Å². The summed E-state index contributed by atoms with van der Waals surface area (Å²) in [6, 6.07) is 13.3. The van der Waals surface area contributed by atoms with E-state index in [1.54, 1.807) is 11.0 Å². The molecule has 0 spiro atoms. The second kappa shape index (κ2) is 8.73. The first-order valence-corrected chi connectivity index (χ1v) is 10.4. The van der Waals surface area contributed by atoms with Crippen LogP contribution in [0.15, 0.2) is 54.6 Å². The molecule has 0 atom stereocenters. The molecule has 0 radical (unpaired) electrons. The number of rotatable bonds is 6. The first-order chi connectivity index (χ1) is 14.9. The minimum atomic E-state index is -0.610. The van der Waals surface area contributed by atoms with E-state index in [0.717, 1.165) is 48.3 Å². The fourth-order valence-corrected chi connectivity index (χ4v) is 4.19. The van der Waals surface area contributed by atoms with Crippen molar-refractivity contribution in [3.8, 4) is 11.1 Å². The lowest BCUT2D eigenvalue weighted by Gasteiger charge is -2.22. The Morgan fingerprint density at radius 2 is 1.84 bits per heavy atom. The van der Waals surface area contributed by atoms with E-state index in [-0.39, 0.29) is 29.9 Å². The molecule has 160 valence electrons. The predicted octanol–water partition coefficient (Wildman–Crippen LogP) is 2.29. The van der Waals surface area contributed by atoms with Gasteiger partial charge in [-0.25, -0.2) is 0 Å². The molecule has 2 aliphatic rings. The van der Waals surface area contributed by atoms with Crippen molar-refractivity contribution >= 4 is 23.4 Å². The molecule has 1 fully saturated rings. The Balaban J connectivity index is 1.56. The molecule has 0 bridgehead atoms. The summed E-state index contributed by atoms with van der Waals surface area (Å²) >= 11 is 0. The second-order valence-corrected chi connectivity index (χ2v) is 8.06. The highest BCUT2D eigenvalue weighted by Gasteiger charge is 2.30. The smallest absolute Gasteiger partial charge is 0.254 e. The van der Waals surface area contributed by atoms with Crippen LogP contribution in [0.1, 0.15) is 28.8 Å². The monoisotopic (exact) mass is 418 g/mol. The van der Waals surface area contributed by atoms with Crippen LogP contribution >= 0.6 is 0 Å². The molecule has 1 saturated heterocycles. The van der Waals surface area contributed by atoms with Crippen LogP contribution in [0.5, 0.6) is 0 Å². The Labute approximate surface area is 181 Å². The second-order valence-electron chi connectivity index (χ2n) is 8.06. The lowest BCUT2D eigenvalue weighted by atomic mass is 9.95. The molecule has 2 aromatic rings.